The summed E-state index contributed by atoms with van der Waals surface area (Å²) in [6.45, 7) is 9.53. The fraction of sp³-hybridized carbons (Fsp3) is 0.438. The van der Waals surface area contributed by atoms with Crippen molar-refractivity contribution in [3.63, 3.8) is 0 Å². The van der Waals surface area contributed by atoms with Gasteiger partial charge in [0, 0.05) is 44.0 Å². The van der Waals surface area contributed by atoms with Gasteiger partial charge in [0.1, 0.15) is 17.3 Å². The third kappa shape index (κ3) is 5.82. The molecular weight excluding hydrogens is 585 g/mol. The Morgan fingerprint density at radius 1 is 1.13 bits per heavy atom. The van der Waals surface area contributed by atoms with Gasteiger partial charge in [-0.3, -0.25) is 9.30 Å². The van der Waals surface area contributed by atoms with Crippen molar-refractivity contribution in [1.29, 1.82) is 0 Å². The monoisotopic (exact) mass is 622 g/mol. The largest absolute Gasteiger partial charge is 0.444 e. The van der Waals surface area contributed by atoms with E-state index in [1.807, 2.05) is 43.4 Å². The topological polar surface area (TPSA) is 99.9 Å². The number of rotatable bonds is 5. The smallest absolute Gasteiger partial charge is 0.408 e. The number of hydrogen-bond donors (Lipinski definition) is 2. The van der Waals surface area contributed by atoms with Gasteiger partial charge in [0.15, 0.2) is 11.5 Å². The maximum absolute atomic E-state index is 14.6. The van der Waals surface area contributed by atoms with Crippen LogP contribution in [0, 0.1) is 6.92 Å². The Bertz CT molecular complexity index is 1800. The van der Waals surface area contributed by atoms with Gasteiger partial charge in [-0.25, -0.2) is 14.8 Å². The Hall–Kier alpha value is -4.23. The van der Waals surface area contributed by atoms with Gasteiger partial charge in [-0.2, -0.15) is 13.2 Å². The first-order chi connectivity index (χ1) is 21.1. The maximum Gasteiger partial charge on any atom is 0.408 e. The summed E-state index contributed by atoms with van der Waals surface area (Å²) in [6.07, 6.45) is 0.598. The molecule has 2 aliphatic heterocycles. The standard InChI is InChI=1S/C32H37F3N8O2/c1-19-23(31(5)14-15-36-41(31)6)10-7-20-8-11-24(38-26(19)20)28-40-39-25-12-9-21(17-43(25)28)27(32(33,34)35)42-16-13-22(18-42)37-29(44)45-30(2,3)4/h7-12,14-15,17,22,27,36H,13,16,18H2,1-6H3,(H,37,44)/t22-,27+,31?/m0/s1. The number of alkyl carbamates (subject to hydrolysis) is 1. The second kappa shape index (κ2) is 11.0. The quantitative estimate of drug-likeness (QED) is 0.295. The molecule has 1 aromatic carbocycles. The first kappa shape index (κ1) is 30.8. The van der Waals surface area contributed by atoms with Gasteiger partial charge >= 0.3 is 12.3 Å². The predicted molar refractivity (Wildman–Crippen MR) is 164 cm³/mol. The number of alkyl halides is 3. The zero-order chi connectivity index (χ0) is 32.3. The highest BCUT2D eigenvalue weighted by molar-refractivity contribution is 5.85. The van der Waals surface area contributed by atoms with Crippen LogP contribution in [-0.4, -0.2) is 73.5 Å². The van der Waals surface area contributed by atoms with Gasteiger partial charge in [0.25, 0.3) is 0 Å². The molecule has 0 bridgehead atoms. The van der Waals surface area contributed by atoms with Crippen LogP contribution >= 0.6 is 0 Å². The van der Waals surface area contributed by atoms with Crippen LogP contribution in [0.15, 0.2) is 54.9 Å². The van der Waals surface area contributed by atoms with Gasteiger partial charge in [0.2, 0.25) is 0 Å². The van der Waals surface area contributed by atoms with E-state index in [1.54, 1.807) is 25.2 Å². The molecule has 13 heteroatoms. The lowest BCUT2D eigenvalue weighted by Gasteiger charge is -2.33. The van der Waals surface area contributed by atoms with E-state index in [0.717, 1.165) is 22.0 Å². The van der Waals surface area contributed by atoms with Crippen molar-refractivity contribution in [1.82, 2.24) is 40.2 Å². The first-order valence-corrected chi connectivity index (χ1v) is 14.9. The molecule has 1 amide bonds. The van der Waals surface area contributed by atoms with Gasteiger partial charge < -0.3 is 15.5 Å². The lowest BCUT2D eigenvalue weighted by atomic mass is 9.87. The average Bonchev–Trinajstić information content (AvgIpc) is 3.66. The number of pyridine rings is 2. The highest BCUT2D eigenvalue weighted by Gasteiger charge is 2.47. The van der Waals surface area contributed by atoms with Crippen LogP contribution in [0.5, 0.6) is 0 Å². The minimum Gasteiger partial charge on any atom is -0.444 e. The van der Waals surface area contributed by atoms with Crippen molar-refractivity contribution >= 4 is 22.6 Å². The van der Waals surface area contributed by atoms with E-state index in [1.165, 1.54) is 23.2 Å². The highest BCUT2D eigenvalue weighted by atomic mass is 19.4. The number of likely N-dealkylation sites (N-methyl/N-ethyl adjacent to an activating group) is 1. The van der Waals surface area contributed by atoms with Crippen molar-refractivity contribution in [3.8, 4) is 11.5 Å². The van der Waals surface area contributed by atoms with Gasteiger partial charge in [0.05, 0.1) is 11.1 Å². The van der Waals surface area contributed by atoms with Crippen LogP contribution < -0.4 is 10.7 Å². The van der Waals surface area contributed by atoms with E-state index in [0.29, 0.717) is 23.6 Å². The molecule has 0 aliphatic carbocycles. The number of likely N-dealkylation sites (tertiary alicyclic amines) is 1. The third-order valence-electron chi connectivity index (χ3n) is 8.62. The Labute approximate surface area is 259 Å². The van der Waals surface area contributed by atoms with E-state index in [-0.39, 0.29) is 24.2 Å². The Morgan fingerprint density at radius 3 is 2.58 bits per heavy atom. The van der Waals surface area contributed by atoms with Crippen molar-refractivity contribution in [2.24, 2.45) is 0 Å². The minimum atomic E-state index is -4.57. The fourth-order valence-electron chi connectivity index (χ4n) is 6.30. The summed E-state index contributed by atoms with van der Waals surface area (Å²) in [4.78, 5) is 18.6. The molecule has 238 valence electrons. The number of benzene rings is 1. The van der Waals surface area contributed by atoms with Crippen molar-refractivity contribution < 1.29 is 22.7 Å². The van der Waals surface area contributed by atoms with Crippen LogP contribution in [0.25, 0.3) is 28.1 Å². The molecule has 4 aromatic rings. The molecule has 0 saturated carbocycles. The normalized spacial score (nSPS) is 21.8. The summed E-state index contributed by atoms with van der Waals surface area (Å²) >= 11 is 0. The molecule has 6 rings (SSSR count). The summed E-state index contributed by atoms with van der Waals surface area (Å²) in [5, 5.41) is 14.2. The predicted octanol–water partition coefficient (Wildman–Crippen LogP) is 5.63. The molecule has 1 saturated heterocycles. The lowest BCUT2D eigenvalue weighted by Crippen LogP contribution is -2.42. The SMILES string of the molecule is Cc1c(C2(C)C=CNN2C)ccc2ccc(-c3nnc4ccc([C@@H](N5CC[C@H](NC(=O)OC(C)(C)C)C5)C(F)(F)F)cn34)nc12. The molecule has 3 atom stereocenters. The molecule has 10 nitrogen and oxygen atoms in total. The number of aryl methyl sites for hydroxylation is 1. The molecule has 45 heavy (non-hydrogen) atoms. The second-order valence-corrected chi connectivity index (χ2v) is 13.0. The van der Waals surface area contributed by atoms with Crippen molar-refractivity contribution in [2.45, 2.75) is 70.4 Å². The lowest BCUT2D eigenvalue weighted by molar-refractivity contribution is -0.184. The summed E-state index contributed by atoms with van der Waals surface area (Å²) in [5.74, 6) is 0.344. The average molecular weight is 623 g/mol. The number of fused-ring (bicyclic) bond motifs is 2. The molecule has 0 spiro atoms. The number of hydrogen-bond acceptors (Lipinski definition) is 8. The van der Waals surface area contributed by atoms with Crippen LogP contribution in [0.1, 0.15) is 56.8 Å². The van der Waals surface area contributed by atoms with Crippen molar-refractivity contribution in [3.05, 3.63) is 71.6 Å². The summed E-state index contributed by atoms with van der Waals surface area (Å²) in [6, 6.07) is 8.49. The number of ether oxygens (including phenoxy) is 1. The van der Waals surface area contributed by atoms with Gasteiger partial charge in [-0.05, 0) is 75.9 Å². The summed E-state index contributed by atoms with van der Waals surface area (Å²) in [5.41, 5.74) is 5.92. The number of nitrogens with one attached hydrogen (secondary N) is 2. The summed E-state index contributed by atoms with van der Waals surface area (Å²) in [7, 11) is 1.97. The number of halogens is 3. The molecule has 1 unspecified atom stereocenters. The number of nitrogens with zero attached hydrogens (tertiary/aromatic N) is 6. The maximum atomic E-state index is 14.6. The molecule has 5 heterocycles. The van der Waals surface area contributed by atoms with Crippen molar-refractivity contribution in [2.75, 3.05) is 20.1 Å². The third-order valence-corrected chi connectivity index (χ3v) is 8.62. The van der Waals surface area contributed by atoms with Gasteiger partial charge in [-0.15, -0.1) is 10.2 Å². The van der Waals surface area contributed by atoms with E-state index in [9.17, 15) is 18.0 Å². The van der Waals surface area contributed by atoms with E-state index < -0.39 is 30.0 Å². The minimum absolute atomic E-state index is 0.0309. The van der Waals surface area contributed by atoms with Crippen LogP contribution in [0.2, 0.25) is 0 Å². The van der Waals surface area contributed by atoms with E-state index in [4.69, 9.17) is 9.72 Å². The molecule has 1 fully saturated rings. The number of carbonyl (C=O) groups is 1. The molecular formula is C32H37F3N8O2. The number of carbonyl (C=O) groups excluding carboxylic acids is 1. The molecule has 2 aliphatic rings. The number of hydrazine groups is 1. The van der Waals surface area contributed by atoms with Crippen LogP contribution in [-0.2, 0) is 10.3 Å². The number of aromatic nitrogens is 4. The Balaban J connectivity index is 1.33. The Kier molecular flexibility index (Phi) is 7.51. The first-order valence-electron chi connectivity index (χ1n) is 14.9. The number of amides is 1. The zero-order valence-electron chi connectivity index (χ0n) is 26.1. The second-order valence-electron chi connectivity index (χ2n) is 13.0. The molecule has 2 N–H and O–H groups in total. The fourth-order valence-corrected chi connectivity index (χ4v) is 6.30. The highest BCUT2D eigenvalue weighted by Crippen LogP contribution is 2.40. The molecule has 3 aromatic heterocycles. The Morgan fingerprint density at radius 2 is 1.89 bits per heavy atom. The van der Waals surface area contributed by atoms with Crippen LogP contribution in [0.4, 0.5) is 18.0 Å². The van der Waals surface area contributed by atoms with Gasteiger partial charge in [-0.1, -0.05) is 24.3 Å². The van der Waals surface area contributed by atoms with E-state index in [2.05, 4.69) is 40.0 Å². The zero-order valence-corrected chi connectivity index (χ0v) is 26.1. The molecule has 0 radical (unpaired) electrons. The van der Waals surface area contributed by atoms with E-state index >= 15 is 0 Å². The summed E-state index contributed by atoms with van der Waals surface area (Å²) < 4.78 is 50.8. The van der Waals surface area contributed by atoms with Crippen LogP contribution in [0.3, 0.4) is 0 Å².